The van der Waals surface area contributed by atoms with Gasteiger partial charge in [0.05, 0.1) is 17.0 Å². The van der Waals surface area contributed by atoms with E-state index in [0.717, 1.165) is 16.5 Å². The van der Waals surface area contributed by atoms with Crippen LogP contribution in [-0.4, -0.2) is 39.6 Å². The maximum atomic E-state index is 13.5. The molecule has 182 valence electrons. The molecule has 3 aromatic rings. The van der Waals surface area contributed by atoms with Gasteiger partial charge < -0.3 is 9.64 Å². The number of amides is 3. The van der Waals surface area contributed by atoms with E-state index in [0.29, 0.717) is 0 Å². The zero-order chi connectivity index (χ0) is 25.8. The molecule has 3 aromatic carbocycles. The van der Waals surface area contributed by atoms with Crippen LogP contribution in [0.25, 0.3) is 0 Å². The van der Waals surface area contributed by atoms with Crippen molar-refractivity contribution < 1.29 is 28.8 Å². The highest BCUT2D eigenvalue weighted by Crippen LogP contribution is 2.29. The first-order valence-corrected chi connectivity index (χ1v) is 11.0. The van der Waals surface area contributed by atoms with Crippen molar-refractivity contribution in [1.82, 2.24) is 4.90 Å². The summed E-state index contributed by atoms with van der Waals surface area (Å²) in [5.41, 5.74) is 0.764. The third kappa shape index (κ3) is 5.12. The number of non-ortho nitro benzene ring substituents is 1. The van der Waals surface area contributed by atoms with Gasteiger partial charge in [-0.1, -0.05) is 36.4 Å². The Balaban J connectivity index is 1.66. The van der Waals surface area contributed by atoms with Gasteiger partial charge in [-0.25, -0.2) is 4.90 Å². The number of nitro groups is 1. The minimum Gasteiger partial charge on any atom is -0.427 e. The fraction of sp³-hybridized carbons (Fsp3) is 0.154. The summed E-state index contributed by atoms with van der Waals surface area (Å²) in [6.07, 6.45) is -0.252. The van der Waals surface area contributed by atoms with Crippen LogP contribution < -0.4 is 9.64 Å². The average Bonchev–Trinajstić information content (AvgIpc) is 3.16. The number of nitro benzene ring substituents is 1. The predicted molar refractivity (Wildman–Crippen MR) is 128 cm³/mol. The second-order valence-electron chi connectivity index (χ2n) is 8.10. The summed E-state index contributed by atoms with van der Waals surface area (Å²) in [5, 5.41) is 11.2. The topological polar surface area (TPSA) is 127 Å². The molecule has 1 unspecified atom stereocenters. The fourth-order valence-electron chi connectivity index (χ4n) is 3.98. The van der Waals surface area contributed by atoms with Gasteiger partial charge in [0, 0.05) is 31.2 Å². The van der Waals surface area contributed by atoms with Crippen LogP contribution >= 0.6 is 0 Å². The number of hydrogen-bond donors (Lipinski definition) is 0. The molecular weight excluding hydrogens is 466 g/mol. The van der Waals surface area contributed by atoms with Crippen LogP contribution in [0.2, 0.25) is 0 Å². The van der Waals surface area contributed by atoms with Crippen molar-refractivity contribution in [3.8, 4) is 5.75 Å². The first-order valence-electron chi connectivity index (χ1n) is 11.0. The van der Waals surface area contributed by atoms with Gasteiger partial charge in [-0.3, -0.25) is 29.3 Å². The normalized spacial score (nSPS) is 15.0. The number of carbonyl (C=O) groups excluding carboxylic acids is 4. The second kappa shape index (κ2) is 10.2. The lowest BCUT2D eigenvalue weighted by atomic mass is 10.1. The van der Waals surface area contributed by atoms with Crippen LogP contribution in [-0.2, 0) is 20.9 Å². The van der Waals surface area contributed by atoms with Gasteiger partial charge in [-0.2, -0.15) is 0 Å². The minimum absolute atomic E-state index is 0.0191. The molecule has 0 spiro atoms. The summed E-state index contributed by atoms with van der Waals surface area (Å²) < 4.78 is 4.99. The van der Waals surface area contributed by atoms with Crippen molar-refractivity contribution in [2.24, 2.45) is 0 Å². The molecule has 0 aromatic heterocycles. The quantitative estimate of drug-likeness (QED) is 0.164. The zero-order valence-electron chi connectivity index (χ0n) is 19.2. The van der Waals surface area contributed by atoms with Gasteiger partial charge in [0.1, 0.15) is 11.8 Å². The number of rotatable bonds is 7. The van der Waals surface area contributed by atoms with Crippen molar-refractivity contribution in [3.05, 3.63) is 100 Å². The van der Waals surface area contributed by atoms with Crippen molar-refractivity contribution in [1.29, 1.82) is 0 Å². The maximum Gasteiger partial charge on any atom is 0.308 e. The molecule has 4 rings (SSSR count). The number of ether oxygens (including phenoxy) is 1. The van der Waals surface area contributed by atoms with Crippen LogP contribution in [0.15, 0.2) is 78.9 Å². The number of esters is 1. The average molecular weight is 487 g/mol. The molecule has 0 aliphatic carbocycles. The van der Waals surface area contributed by atoms with Gasteiger partial charge >= 0.3 is 5.97 Å². The predicted octanol–water partition coefficient (Wildman–Crippen LogP) is 3.49. The molecule has 0 bridgehead atoms. The molecule has 1 aliphatic rings. The molecule has 1 atom stereocenters. The molecule has 10 nitrogen and oxygen atoms in total. The molecule has 3 amide bonds. The fourth-order valence-corrected chi connectivity index (χ4v) is 3.98. The molecule has 0 saturated carbocycles. The summed E-state index contributed by atoms with van der Waals surface area (Å²) in [7, 11) is 0. The Hall–Kier alpha value is -4.86. The van der Waals surface area contributed by atoms with Gasteiger partial charge in [0.25, 0.3) is 17.5 Å². The monoisotopic (exact) mass is 487 g/mol. The third-order valence-corrected chi connectivity index (χ3v) is 5.62. The summed E-state index contributed by atoms with van der Waals surface area (Å²) in [5.74, 6) is -1.97. The highest BCUT2D eigenvalue weighted by atomic mass is 16.6. The zero-order valence-corrected chi connectivity index (χ0v) is 19.2. The minimum atomic E-state index is -1.11. The Morgan fingerprint density at radius 2 is 1.72 bits per heavy atom. The van der Waals surface area contributed by atoms with E-state index in [1.165, 1.54) is 54.3 Å². The second-order valence-corrected chi connectivity index (χ2v) is 8.10. The summed E-state index contributed by atoms with van der Waals surface area (Å²) in [4.78, 5) is 63.9. The summed E-state index contributed by atoms with van der Waals surface area (Å²) in [6.45, 7) is 1.27. The lowest BCUT2D eigenvalue weighted by Gasteiger charge is -2.28. The summed E-state index contributed by atoms with van der Waals surface area (Å²) >= 11 is 0. The van der Waals surface area contributed by atoms with E-state index < -0.39 is 34.7 Å². The summed E-state index contributed by atoms with van der Waals surface area (Å²) in [6, 6.07) is 18.9. The molecule has 36 heavy (non-hydrogen) atoms. The van der Waals surface area contributed by atoms with Crippen LogP contribution in [0.5, 0.6) is 5.75 Å². The smallest absolute Gasteiger partial charge is 0.308 e. The molecule has 0 radical (unpaired) electrons. The van der Waals surface area contributed by atoms with Crippen LogP contribution in [0.4, 0.5) is 11.4 Å². The molecular formula is C26H21N3O7. The van der Waals surface area contributed by atoms with Gasteiger partial charge in [0.15, 0.2) is 0 Å². The van der Waals surface area contributed by atoms with Gasteiger partial charge in [0.2, 0.25) is 5.91 Å². The molecule has 1 heterocycles. The van der Waals surface area contributed by atoms with E-state index in [2.05, 4.69) is 0 Å². The van der Waals surface area contributed by atoms with Gasteiger partial charge in [-0.05, 0) is 35.9 Å². The molecule has 1 fully saturated rings. The molecule has 1 aliphatic heterocycles. The van der Waals surface area contributed by atoms with E-state index in [1.807, 2.05) is 6.07 Å². The molecule has 0 N–H and O–H groups in total. The highest BCUT2D eigenvalue weighted by molar-refractivity contribution is 6.23. The van der Waals surface area contributed by atoms with E-state index in [-0.39, 0.29) is 35.7 Å². The third-order valence-electron chi connectivity index (χ3n) is 5.62. The Morgan fingerprint density at radius 3 is 2.36 bits per heavy atom. The van der Waals surface area contributed by atoms with E-state index >= 15 is 0 Å². The Kier molecular flexibility index (Phi) is 6.86. The van der Waals surface area contributed by atoms with Crippen molar-refractivity contribution in [3.63, 3.8) is 0 Å². The van der Waals surface area contributed by atoms with Crippen molar-refractivity contribution in [2.75, 3.05) is 4.90 Å². The number of benzene rings is 3. The number of imide groups is 1. The lowest BCUT2D eigenvalue weighted by Crippen LogP contribution is -2.45. The largest absolute Gasteiger partial charge is 0.427 e. The van der Waals surface area contributed by atoms with Crippen LogP contribution in [0, 0.1) is 10.1 Å². The highest BCUT2D eigenvalue weighted by Gasteiger charge is 2.44. The lowest BCUT2D eigenvalue weighted by molar-refractivity contribution is -0.384. The van der Waals surface area contributed by atoms with Gasteiger partial charge in [-0.15, -0.1) is 0 Å². The molecule has 10 heteroatoms. The standard InChI is InChI=1S/C26H21N3O7/c1-17(30)36-22-12-10-20(11-13-22)28-24(31)15-23(26(28)33)27(16-18-6-3-2-4-7-18)25(32)19-8-5-9-21(14-19)29(34)35/h2-14,23H,15-16H2,1H3. The van der Waals surface area contributed by atoms with Crippen molar-refractivity contribution >= 4 is 35.1 Å². The Labute approximate surface area is 205 Å². The maximum absolute atomic E-state index is 13.5. The Morgan fingerprint density at radius 1 is 1.03 bits per heavy atom. The first-order chi connectivity index (χ1) is 17.2. The number of hydrogen-bond acceptors (Lipinski definition) is 7. The first kappa shape index (κ1) is 24.3. The number of nitrogens with zero attached hydrogens (tertiary/aromatic N) is 3. The number of anilines is 1. The molecule has 1 saturated heterocycles. The van der Waals surface area contributed by atoms with Crippen molar-refractivity contribution in [2.45, 2.75) is 25.9 Å². The van der Waals surface area contributed by atoms with E-state index in [1.54, 1.807) is 24.3 Å². The number of carbonyl (C=O) groups is 4. The SMILES string of the molecule is CC(=O)Oc1ccc(N2C(=O)CC(N(Cc3ccccc3)C(=O)c3cccc([N+](=O)[O-])c3)C2=O)cc1. The van der Waals surface area contributed by atoms with Crippen LogP contribution in [0.3, 0.4) is 0 Å². The Bertz CT molecular complexity index is 1340. The van der Waals surface area contributed by atoms with Crippen LogP contribution in [0.1, 0.15) is 29.3 Å². The van der Waals surface area contributed by atoms with E-state index in [4.69, 9.17) is 4.74 Å². The van der Waals surface area contributed by atoms with E-state index in [9.17, 15) is 29.3 Å².